The maximum atomic E-state index is 12.7. The number of carbonyl (C=O) groups excluding carboxylic acids is 2. The average Bonchev–Trinajstić information content (AvgIpc) is 2.74. The van der Waals surface area contributed by atoms with Crippen molar-refractivity contribution < 1.29 is 9.59 Å². The molecule has 0 aromatic heterocycles. The highest BCUT2D eigenvalue weighted by Gasteiger charge is 2.40. The monoisotopic (exact) mass is 371 g/mol. The van der Waals surface area contributed by atoms with Crippen LogP contribution in [-0.4, -0.2) is 11.8 Å². The highest BCUT2D eigenvalue weighted by Crippen LogP contribution is 2.34. The molecule has 3 rings (SSSR count). The van der Waals surface area contributed by atoms with Crippen molar-refractivity contribution in [1.29, 1.82) is 0 Å². The first kappa shape index (κ1) is 15.9. The molecule has 0 radical (unpaired) electrons. The first-order valence-electron chi connectivity index (χ1n) is 7.64. The summed E-state index contributed by atoms with van der Waals surface area (Å²) in [6.07, 6.45) is 0.874. The lowest BCUT2D eigenvalue weighted by Crippen LogP contribution is -2.31. The molecule has 1 aliphatic rings. The number of aryl methyl sites for hydroxylation is 2. The zero-order valence-electron chi connectivity index (χ0n) is 13.2. The maximum Gasteiger partial charge on any atom is 0.237 e. The number of amides is 2. The van der Waals surface area contributed by atoms with Crippen LogP contribution in [0.2, 0.25) is 0 Å². The number of rotatable bonds is 3. The molecule has 0 spiro atoms. The summed E-state index contributed by atoms with van der Waals surface area (Å²) < 4.78 is 0.774. The van der Waals surface area contributed by atoms with Gasteiger partial charge in [0.05, 0.1) is 11.6 Å². The van der Waals surface area contributed by atoms with Gasteiger partial charge in [-0.3, -0.25) is 9.59 Å². The van der Waals surface area contributed by atoms with Crippen LogP contribution >= 0.6 is 15.9 Å². The van der Waals surface area contributed by atoms with Gasteiger partial charge in [-0.15, -0.1) is 0 Å². The molecule has 2 aromatic carbocycles. The number of nitrogens with zero attached hydrogens (tertiary/aromatic N) is 1. The van der Waals surface area contributed by atoms with Gasteiger partial charge in [0, 0.05) is 10.9 Å². The number of halogens is 1. The fourth-order valence-corrected chi connectivity index (χ4v) is 3.69. The molecule has 118 valence electrons. The van der Waals surface area contributed by atoms with Crippen molar-refractivity contribution in [3.63, 3.8) is 0 Å². The Morgan fingerprint density at radius 1 is 1.09 bits per heavy atom. The van der Waals surface area contributed by atoms with Crippen LogP contribution in [0, 0.1) is 19.8 Å². The van der Waals surface area contributed by atoms with E-state index < -0.39 is 0 Å². The SMILES string of the molecule is Cc1cccc(C[C@@H]2CC(=O)N(c3ccc(C)cc3Br)C2=O)c1. The summed E-state index contributed by atoms with van der Waals surface area (Å²) >= 11 is 3.46. The summed E-state index contributed by atoms with van der Waals surface area (Å²) in [6, 6.07) is 13.8. The summed E-state index contributed by atoms with van der Waals surface area (Å²) in [7, 11) is 0. The normalized spacial score (nSPS) is 17.9. The number of carbonyl (C=O) groups is 2. The smallest absolute Gasteiger partial charge is 0.237 e. The second-order valence-corrected chi connectivity index (χ2v) is 6.97. The molecule has 1 aliphatic heterocycles. The molecule has 1 saturated heterocycles. The van der Waals surface area contributed by atoms with Crippen molar-refractivity contribution in [3.05, 3.63) is 63.6 Å². The van der Waals surface area contributed by atoms with E-state index in [0.29, 0.717) is 12.1 Å². The first-order valence-corrected chi connectivity index (χ1v) is 8.43. The van der Waals surface area contributed by atoms with Gasteiger partial charge in [0.2, 0.25) is 11.8 Å². The molecule has 2 aromatic rings. The van der Waals surface area contributed by atoms with Crippen molar-refractivity contribution >= 4 is 33.4 Å². The third-order valence-electron chi connectivity index (χ3n) is 4.15. The Morgan fingerprint density at radius 3 is 2.52 bits per heavy atom. The van der Waals surface area contributed by atoms with E-state index >= 15 is 0 Å². The van der Waals surface area contributed by atoms with Gasteiger partial charge in [-0.25, -0.2) is 4.90 Å². The predicted molar refractivity (Wildman–Crippen MR) is 94.4 cm³/mol. The van der Waals surface area contributed by atoms with Crippen LogP contribution < -0.4 is 4.90 Å². The summed E-state index contributed by atoms with van der Waals surface area (Å²) in [5.74, 6) is -0.518. The molecule has 3 nitrogen and oxygen atoms in total. The van der Waals surface area contributed by atoms with Gasteiger partial charge in [0.25, 0.3) is 0 Å². The third-order valence-corrected chi connectivity index (χ3v) is 4.78. The minimum absolute atomic E-state index is 0.110. The Morgan fingerprint density at radius 2 is 1.83 bits per heavy atom. The quantitative estimate of drug-likeness (QED) is 0.758. The molecular formula is C19H18BrNO2. The van der Waals surface area contributed by atoms with E-state index in [-0.39, 0.29) is 24.2 Å². The van der Waals surface area contributed by atoms with E-state index in [0.717, 1.165) is 21.2 Å². The summed E-state index contributed by atoms with van der Waals surface area (Å²) in [6.45, 7) is 4.00. The van der Waals surface area contributed by atoms with Gasteiger partial charge in [-0.2, -0.15) is 0 Å². The molecule has 0 aliphatic carbocycles. The van der Waals surface area contributed by atoms with Crippen molar-refractivity contribution in [2.45, 2.75) is 26.7 Å². The van der Waals surface area contributed by atoms with Crippen molar-refractivity contribution in [2.24, 2.45) is 5.92 Å². The molecule has 0 unspecified atom stereocenters. The standard InChI is InChI=1S/C19H18BrNO2/c1-12-4-3-5-14(8-12)10-15-11-18(22)21(19(15)23)17-7-6-13(2)9-16(17)20/h3-9,15H,10-11H2,1-2H3/t15-/m1/s1. The molecule has 0 saturated carbocycles. The molecule has 2 amide bonds. The second-order valence-electron chi connectivity index (χ2n) is 6.12. The molecule has 4 heteroatoms. The zero-order valence-corrected chi connectivity index (χ0v) is 14.8. The van der Waals surface area contributed by atoms with E-state index in [1.165, 1.54) is 4.90 Å². The number of benzene rings is 2. The minimum atomic E-state index is -0.280. The summed E-state index contributed by atoms with van der Waals surface area (Å²) in [5, 5.41) is 0. The van der Waals surface area contributed by atoms with Crippen LogP contribution in [0.5, 0.6) is 0 Å². The fourth-order valence-electron chi connectivity index (χ4n) is 3.02. The fraction of sp³-hybridized carbons (Fsp3) is 0.263. The molecule has 1 atom stereocenters. The van der Waals surface area contributed by atoms with Gasteiger partial charge in [-0.05, 0) is 59.5 Å². The van der Waals surface area contributed by atoms with Crippen molar-refractivity contribution in [3.8, 4) is 0 Å². The van der Waals surface area contributed by atoms with E-state index in [1.807, 2.05) is 50.2 Å². The van der Waals surface area contributed by atoms with Crippen LogP contribution in [0.4, 0.5) is 5.69 Å². The van der Waals surface area contributed by atoms with Gasteiger partial charge in [0.1, 0.15) is 0 Å². The Balaban J connectivity index is 1.85. The summed E-state index contributed by atoms with van der Waals surface area (Å²) in [5.41, 5.74) is 3.98. The van der Waals surface area contributed by atoms with Crippen LogP contribution in [0.1, 0.15) is 23.1 Å². The van der Waals surface area contributed by atoms with Crippen molar-refractivity contribution in [2.75, 3.05) is 4.90 Å². The van der Waals surface area contributed by atoms with Crippen LogP contribution in [-0.2, 0) is 16.0 Å². The van der Waals surface area contributed by atoms with Crippen LogP contribution in [0.3, 0.4) is 0 Å². The molecular weight excluding hydrogens is 354 g/mol. The Hall–Kier alpha value is -1.94. The lowest BCUT2D eigenvalue weighted by atomic mass is 9.97. The van der Waals surface area contributed by atoms with E-state index in [2.05, 4.69) is 22.0 Å². The Bertz CT molecular complexity index is 785. The van der Waals surface area contributed by atoms with Gasteiger partial charge >= 0.3 is 0 Å². The largest absolute Gasteiger partial charge is 0.274 e. The van der Waals surface area contributed by atoms with Crippen LogP contribution in [0.15, 0.2) is 46.9 Å². The number of hydrogen-bond acceptors (Lipinski definition) is 2. The number of imide groups is 1. The maximum absolute atomic E-state index is 12.7. The van der Waals surface area contributed by atoms with E-state index in [1.54, 1.807) is 0 Å². The molecule has 1 fully saturated rings. The average molecular weight is 372 g/mol. The highest BCUT2D eigenvalue weighted by molar-refractivity contribution is 9.10. The topological polar surface area (TPSA) is 37.4 Å². The molecule has 23 heavy (non-hydrogen) atoms. The third kappa shape index (κ3) is 3.22. The van der Waals surface area contributed by atoms with E-state index in [9.17, 15) is 9.59 Å². The van der Waals surface area contributed by atoms with Gasteiger partial charge < -0.3 is 0 Å². The highest BCUT2D eigenvalue weighted by atomic mass is 79.9. The molecule has 0 bridgehead atoms. The summed E-state index contributed by atoms with van der Waals surface area (Å²) in [4.78, 5) is 26.4. The van der Waals surface area contributed by atoms with Gasteiger partial charge in [-0.1, -0.05) is 35.9 Å². The Labute approximate surface area is 144 Å². The van der Waals surface area contributed by atoms with Crippen LogP contribution in [0.25, 0.3) is 0 Å². The minimum Gasteiger partial charge on any atom is -0.274 e. The lowest BCUT2D eigenvalue weighted by Gasteiger charge is -2.17. The second kappa shape index (κ2) is 6.28. The first-order chi connectivity index (χ1) is 11.0. The number of anilines is 1. The van der Waals surface area contributed by atoms with Crippen molar-refractivity contribution in [1.82, 2.24) is 0 Å². The lowest BCUT2D eigenvalue weighted by molar-refractivity contribution is -0.122. The van der Waals surface area contributed by atoms with E-state index in [4.69, 9.17) is 0 Å². The Kier molecular flexibility index (Phi) is 4.35. The zero-order chi connectivity index (χ0) is 16.6. The molecule has 0 N–H and O–H groups in total. The van der Waals surface area contributed by atoms with Gasteiger partial charge in [0.15, 0.2) is 0 Å². The predicted octanol–water partition coefficient (Wildman–Crippen LogP) is 4.19. The number of hydrogen-bond donors (Lipinski definition) is 0. The molecule has 1 heterocycles.